The van der Waals surface area contributed by atoms with Gasteiger partial charge in [0.15, 0.2) is 23.4 Å². The molecule has 2 fully saturated rings. The van der Waals surface area contributed by atoms with Crippen LogP contribution in [0.1, 0.15) is 30.4 Å². The number of aliphatic hydroxyl groups is 1. The molecule has 1 spiro atoms. The van der Waals surface area contributed by atoms with Crippen LogP contribution < -0.4 is 10.1 Å². The standard InChI is InChI=1S/C16H17NO4/c18-9-2-1-8-7-11-16(20)4-3-10(19)14-15(16,5-6-17-11)12(8)13(9)21-14/h1-2,11,14,17-18,20H,3-7H2/t11?,14?,15?,16-/m1/s1. The highest BCUT2D eigenvalue weighted by molar-refractivity contribution is 5.90. The van der Waals surface area contributed by atoms with Crippen LogP contribution in [0.25, 0.3) is 0 Å². The Labute approximate surface area is 121 Å². The Balaban J connectivity index is 1.89. The summed E-state index contributed by atoms with van der Waals surface area (Å²) in [7, 11) is 0. The van der Waals surface area contributed by atoms with Gasteiger partial charge in [-0.25, -0.2) is 0 Å². The monoisotopic (exact) mass is 287 g/mol. The molecule has 2 aliphatic carbocycles. The average molecular weight is 287 g/mol. The van der Waals surface area contributed by atoms with E-state index in [0.29, 0.717) is 31.4 Å². The average Bonchev–Trinajstić information content (AvgIpc) is 2.80. The molecule has 3 unspecified atom stereocenters. The van der Waals surface area contributed by atoms with E-state index in [0.717, 1.165) is 17.7 Å². The molecule has 4 aliphatic rings. The van der Waals surface area contributed by atoms with Gasteiger partial charge in [0.2, 0.25) is 0 Å². The van der Waals surface area contributed by atoms with Crippen LogP contribution >= 0.6 is 0 Å². The molecule has 5 heteroatoms. The number of carbonyl (C=O) groups is 1. The highest BCUT2D eigenvalue weighted by Gasteiger charge is 2.71. The first-order chi connectivity index (χ1) is 10.1. The van der Waals surface area contributed by atoms with Crippen LogP contribution in [0.4, 0.5) is 0 Å². The first-order valence-electron chi connectivity index (χ1n) is 7.58. The third kappa shape index (κ3) is 1.09. The van der Waals surface area contributed by atoms with Crippen molar-refractivity contribution >= 4 is 5.78 Å². The summed E-state index contributed by atoms with van der Waals surface area (Å²) >= 11 is 0. The topological polar surface area (TPSA) is 78.8 Å². The van der Waals surface area contributed by atoms with Crippen molar-refractivity contribution in [1.82, 2.24) is 5.32 Å². The number of aromatic hydroxyl groups is 1. The lowest BCUT2D eigenvalue weighted by Crippen LogP contribution is -2.76. The molecule has 4 atom stereocenters. The van der Waals surface area contributed by atoms with Gasteiger partial charge in [-0.05, 0) is 37.4 Å². The molecule has 2 aliphatic heterocycles. The van der Waals surface area contributed by atoms with E-state index < -0.39 is 17.1 Å². The number of phenols is 1. The second-order valence-corrected chi connectivity index (χ2v) is 6.77. The second kappa shape index (κ2) is 3.42. The Morgan fingerprint density at radius 1 is 1.33 bits per heavy atom. The van der Waals surface area contributed by atoms with E-state index in [1.165, 1.54) is 0 Å². The Bertz CT molecular complexity index is 687. The molecule has 1 aromatic carbocycles. The molecular formula is C16H17NO4. The molecule has 5 nitrogen and oxygen atoms in total. The predicted molar refractivity (Wildman–Crippen MR) is 73.5 cm³/mol. The van der Waals surface area contributed by atoms with E-state index in [-0.39, 0.29) is 17.6 Å². The fourth-order valence-corrected chi connectivity index (χ4v) is 5.22. The van der Waals surface area contributed by atoms with E-state index in [1.807, 2.05) is 6.07 Å². The van der Waals surface area contributed by atoms with E-state index in [2.05, 4.69) is 5.32 Å². The highest BCUT2D eigenvalue weighted by Crippen LogP contribution is 2.63. The van der Waals surface area contributed by atoms with Crippen LogP contribution in [0, 0.1) is 0 Å². The molecule has 110 valence electrons. The van der Waals surface area contributed by atoms with E-state index in [4.69, 9.17) is 4.74 Å². The molecule has 5 rings (SSSR count). The molecule has 0 amide bonds. The molecule has 2 heterocycles. The maximum atomic E-state index is 12.4. The lowest BCUT2D eigenvalue weighted by atomic mass is 9.49. The number of hydrogen-bond acceptors (Lipinski definition) is 5. The van der Waals surface area contributed by atoms with E-state index in [9.17, 15) is 15.0 Å². The number of hydrogen-bond donors (Lipinski definition) is 3. The zero-order valence-corrected chi connectivity index (χ0v) is 11.6. The van der Waals surface area contributed by atoms with Gasteiger partial charge in [0, 0.05) is 18.0 Å². The Morgan fingerprint density at radius 3 is 3.05 bits per heavy atom. The van der Waals surface area contributed by atoms with Crippen LogP contribution in [0.15, 0.2) is 12.1 Å². The first kappa shape index (κ1) is 12.0. The van der Waals surface area contributed by atoms with Crippen molar-refractivity contribution in [2.45, 2.75) is 48.8 Å². The van der Waals surface area contributed by atoms with Crippen LogP contribution in [0.5, 0.6) is 11.5 Å². The van der Waals surface area contributed by atoms with Crippen molar-refractivity contribution < 1.29 is 19.7 Å². The largest absolute Gasteiger partial charge is 0.504 e. The fourth-order valence-electron chi connectivity index (χ4n) is 5.22. The van der Waals surface area contributed by atoms with Gasteiger partial charge >= 0.3 is 0 Å². The summed E-state index contributed by atoms with van der Waals surface area (Å²) in [5, 5.41) is 25.0. The van der Waals surface area contributed by atoms with Crippen molar-refractivity contribution in [3.8, 4) is 11.5 Å². The molecule has 21 heavy (non-hydrogen) atoms. The number of benzene rings is 1. The summed E-state index contributed by atoms with van der Waals surface area (Å²) in [6, 6.07) is 3.49. The number of carbonyl (C=O) groups excluding carboxylic acids is 1. The third-order valence-electron chi connectivity index (χ3n) is 6.08. The molecule has 0 aromatic heterocycles. The van der Waals surface area contributed by atoms with Gasteiger partial charge in [-0.15, -0.1) is 0 Å². The summed E-state index contributed by atoms with van der Waals surface area (Å²) in [6.45, 7) is 0.759. The van der Waals surface area contributed by atoms with Gasteiger partial charge in [0.1, 0.15) is 0 Å². The van der Waals surface area contributed by atoms with Gasteiger partial charge in [0.25, 0.3) is 0 Å². The minimum atomic E-state index is -0.962. The van der Waals surface area contributed by atoms with Crippen LogP contribution in [0.2, 0.25) is 0 Å². The molecule has 1 aromatic rings. The van der Waals surface area contributed by atoms with Gasteiger partial charge < -0.3 is 20.3 Å². The Morgan fingerprint density at radius 2 is 2.19 bits per heavy atom. The normalized spacial score (nSPS) is 42.4. The molecule has 0 radical (unpaired) electrons. The number of ether oxygens (including phenoxy) is 1. The summed E-state index contributed by atoms with van der Waals surface area (Å²) in [5.74, 6) is 0.542. The molecule has 1 saturated carbocycles. The van der Waals surface area contributed by atoms with Gasteiger partial charge in [-0.1, -0.05) is 6.07 Å². The zero-order valence-electron chi connectivity index (χ0n) is 11.6. The SMILES string of the molecule is O=C1CC[C@@]2(O)C3Cc4ccc(O)c5c4C2(CCN3)C1O5. The fraction of sp³-hybridized carbons (Fsp3) is 0.562. The van der Waals surface area contributed by atoms with Gasteiger partial charge in [0.05, 0.1) is 11.0 Å². The Kier molecular flexibility index (Phi) is 1.95. The van der Waals surface area contributed by atoms with E-state index >= 15 is 0 Å². The van der Waals surface area contributed by atoms with Crippen molar-refractivity contribution in [1.29, 1.82) is 0 Å². The number of rotatable bonds is 0. The molecular weight excluding hydrogens is 270 g/mol. The number of Topliss-reactive ketones (excluding diaryl/α,β-unsaturated/α-hetero) is 1. The summed E-state index contributed by atoms with van der Waals surface area (Å²) in [5.41, 5.74) is 0.332. The van der Waals surface area contributed by atoms with Crippen LogP contribution in [-0.2, 0) is 16.6 Å². The predicted octanol–water partition coefficient (Wildman–Crippen LogP) is 0.403. The molecule has 3 N–H and O–H groups in total. The molecule has 2 bridgehead atoms. The Hall–Kier alpha value is -1.59. The van der Waals surface area contributed by atoms with Crippen molar-refractivity contribution in [2.75, 3.05) is 6.54 Å². The zero-order chi connectivity index (χ0) is 14.4. The van der Waals surface area contributed by atoms with Crippen molar-refractivity contribution in [3.63, 3.8) is 0 Å². The third-order valence-corrected chi connectivity index (χ3v) is 6.08. The number of ketones is 1. The minimum Gasteiger partial charge on any atom is -0.504 e. The number of nitrogens with one attached hydrogen (secondary N) is 1. The first-order valence-corrected chi connectivity index (χ1v) is 7.58. The van der Waals surface area contributed by atoms with Crippen molar-refractivity contribution in [2.24, 2.45) is 0 Å². The van der Waals surface area contributed by atoms with Gasteiger partial charge in [-0.2, -0.15) is 0 Å². The van der Waals surface area contributed by atoms with E-state index in [1.54, 1.807) is 6.07 Å². The second-order valence-electron chi connectivity index (χ2n) is 6.77. The highest BCUT2D eigenvalue weighted by atomic mass is 16.5. The number of phenolic OH excluding ortho intramolecular Hbond substituents is 1. The maximum Gasteiger partial charge on any atom is 0.174 e. The summed E-state index contributed by atoms with van der Waals surface area (Å²) in [6.07, 6.45) is 1.54. The van der Waals surface area contributed by atoms with Crippen molar-refractivity contribution in [3.05, 3.63) is 23.3 Å². The van der Waals surface area contributed by atoms with Crippen LogP contribution in [-0.4, -0.2) is 40.3 Å². The molecule has 1 saturated heterocycles. The van der Waals surface area contributed by atoms with Crippen LogP contribution in [0.3, 0.4) is 0 Å². The smallest absolute Gasteiger partial charge is 0.174 e. The number of piperidine rings is 1. The van der Waals surface area contributed by atoms with Gasteiger partial charge in [-0.3, -0.25) is 4.79 Å². The summed E-state index contributed by atoms with van der Waals surface area (Å²) < 4.78 is 5.90. The minimum absolute atomic E-state index is 0.0452. The lowest BCUT2D eigenvalue weighted by molar-refractivity contribution is -0.166. The quantitative estimate of drug-likeness (QED) is 0.644. The summed E-state index contributed by atoms with van der Waals surface area (Å²) in [4.78, 5) is 12.4. The maximum absolute atomic E-state index is 12.4. The lowest BCUT2D eigenvalue weighted by Gasteiger charge is -2.59.